The number of nitrogen functional groups attached to an aromatic ring is 1. The molecule has 0 saturated carbocycles. The highest BCUT2D eigenvalue weighted by Crippen LogP contribution is 2.27. The van der Waals surface area contributed by atoms with Crippen molar-refractivity contribution in [1.82, 2.24) is 0 Å². The van der Waals surface area contributed by atoms with E-state index in [9.17, 15) is 13.2 Å². The average Bonchev–Trinajstić information content (AvgIpc) is 2.30. The van der Waals surface area contributed by atoms with Gasteiger partial charge < -0.3 is 15.2 Å². The van der Waals surface area contributed by atoms with E-state index in [1.807, 2.05) is 0 Å². The van der Waals surface area contributed by atoms with Crippen LogP contribution in [-0.4, -0.2) is 6.36 Å². The SMILES string of the molecule is Nc1cccc(Oc2ccc(OC(F)(F)F)cc2)c1. The minimum Gasteiger partial charge on any atom is -0.457 e. The smallest absolute Gasteiger partial charge is 0.457 e. The molecular formula is C13H10F3NO2. The first-order valence-corrected chi connectivity index (χ1v) is 5.31. The van der Waals surface area contributed by atoms with Crippen molar-refractivity contribution in [2.75, 3.05) is 5.73 Å². The van der Waals surface area contributed by atoms with Crippen LogP contribution in [0.25, 0.3) is 0 Å². The molecule has 2 N–H and O–H groups in total. The number of alkyl halides is 3. The Bertz CT molecular complexity index is 553. The number of rotatable bonds is 3. The summed E-state index contributed by atoms with van der Waals surface area (Å²) in [5.74, 6) is 0.594. The van der Waals surface area contributed by atoms with E-state index >= 15 is 0 Å². The molecule has 0 spiro atoms. The predicted molar refractivity (Wildman–Crippen MR) is 64.1 cm³/mol. The van der Waals surface area contributed by atoms with E-state index in [1.54, 1.807) is 24.3 Å². The second-order valence-corrected chi connectivity index (χ2v) is 3.69. The number of nitrogens with two attached hydrogens (primary N) is 1. The Labute approximate surface area is 107 Å². The van der Waals surface area contributed by atoms with Crippen molar-refractivity contribution in [3.05, 3.63) is 48.5 Å². The van der Waals surface area contributed by atoms with Gasteiger partial charge in [0, 0.05) is 11.8 Å². The minimum absolute atomic E-state index is 0.299. The molecule has 0 aliphatic carbocycles. The number of benzene rings is 2. The number of hydrogen-bond donors (Lipinski definition) is 1. The summed E-state index contributed by atoms with van der Waals surface area (Å²) in [6, 6.07) is 11.8. The molecule has 0 fully saturated rings. The standard InChI is InChI=1S/C13H10F3NO2/c14-13(15,16)19-11-6-4-10(5-7-11)18-12-3-1-2-9(17)8-12/h1-8H,17H2. The van der Waals surface area contributed by atoms with Crippen molar-refractivity contribution in [3.63, 3.8) is 0 Å². The maximum atomic E-state index is 12.0. The van der Waals surface area contributed by atoms with Crippen molar-refractivity contribution < 1.29 is 22.6 Å². The van der Waals surface area contributed by atoms with Crippen LogP contribution in [0.3, 0.4) is 0 Å². The van der Waals surface area contributed by atoms with Crippen molar-refractivity contribution in [3.8, 4) is 17.2 Å². The van der Waals surface area contributed by atoms with Gasteiger partial charge in [-0.3, -0.25) is 0 Å². The maximum absolute atomic E-state index is 12.0. The van der Waals surface area contributed by atoms with Crippen LogP contribution in [0.1, 0.15) is 0 Å². The summed E-state index contributed by atoms with van der Waals surface area (Å²) in [4.78, 5) is 0. The topological polar surface area (TPSA) is 44.5 Å². The van der Waals surface area contributed by atoms with Crippen molar-refractivity contribution >= 4 is 5.69 Å². The minimum atomic E-state index is -4.70. The Kier molecular flexibility index (Phi) is 3.50. The molecule has 0 saturated heterocycles. The number of ether oxygens (including phenoxy) is 2. The normalized spacial score (nSPS) is 11.1. The zero-order valence-electron chi connectivity index (χ0n) is 9.65. The predicted octanol–water partition coefficient (Wildman–Crippen LogP) is 3.96. The van der Waals surface area contributed by atoms with Crippen LogP contribution in [0.2, 0.25) is 0 Å². The molecule has 0 aromatic heterocycles. The van der Waals surface area contributed by atoms with Gasteiger partial charge in [0.2, 0.25) is 0 Å². The molecule has 0 aliphatic rings. The summed E-state index contributed by atoms with van der Waals surface area (Å²) >= 11 is 0. The first kappa shape index (κ1) is 13.1. The molecule has 2 aromatic rings. The highest BCUT2D eigenvalue weighted by Gasteiger charge is 2.30. The van der Waals surface area contributed by atoms with Gasteiger partial charge in [0.25, 0.3) is 0 Å². The number of hydrogen-bond acceptors (Lipinski definition) is 3. The summed E-state index contributed by atoms with van der Waals surface area (Å²) < 4.78 is 45.1. The Morgan fingerprint density at radius 3 is 2.05 bits per heavy atom. The molecule has 3 nitrogen and oxygen atoms in total. The Morgan fingerprint density at radius 1 is 0.842 bits per heavy atom. The molecule has 0 bridgehead atoms. The molecule has 0 unspecified atom stereocenters. The monoisotopic (exact) mass is 269 g/mol. The fraction of sp³-hybridized carbons (Fsp3) is 0.0769. The third-order valence-corrected chi connectivity index (χ3v) is 2.15. The van der Waals surface area contributed by atoms with Crippen LogP contribution in [0.15, 0.2) is 48.5 Å². The van der Waals surface area contributed by atoms with E-state index in [1.165, 1.54) is 24.3 Å². The molecule has 0 aliphatic heterocycles. The van der Waals surface area contributed by atoms with Crippen molar-refractivity contribution in [1.29, 1.82) is 0 Å². The summed E-state index contributed by atoms with van der Waals surface area (Å²) in [6.45, 7) is 0. The van der Waals surface area contributed by atoms with Crippen LogP contribution in [0, 0.1) is 0 Å². The number of anilines is 1. The second-order valence-electron chi connectivity index (χ2n) is 3.69. The molecule has 0 atom stereocenters. The van der Waals surface area contributed by atoms with Gasteiger partial charge in [-0.25, -0.2) is 0 Å². The van der Waals surface area contributed by atoms with E-state index in [0.29, 0.717) is 17.2 Å². The summed E-state index contributed by atoms with van der Waals surface area (Å²) in [6.07, 6.45) is -4.70. The van der Waals surface area contributed by atoms with E-state index in [0.717, 1.165) is 0 Å². The first-order valence-electron chi connectivity index (χ1n) is 5.31. The fourth-order valence-corrected chi connectivity index (χ4v) is 1.42. The third kappa shape index (κ3) is 4.09. The number of halogens is 3. The highest BCUT2D eigenvalue weighted by molar-refractivity contribution is 5.45. The molecule has 2 aromatic carbocycles. The van der Waals surface area contributed by atoms with Crippen molar-refractivity contribution in [2.24, 2.45) is 0 Å². The van der Waals surface area contributed by atoms with Gasteiger partial charge in [-0.2, -0.15) is 0 Å². The van der Waals surface area contributed by atoms with Crippen LogP contribution in [-0.2, 0) is 0 Å². The lowest BCUT2D eigenvalue weighted by molar-refractivity contribution is -0.274. The quantitative estimate of drug-likeness (QED) is 0.858. The third-order valence-electron chi connectivity index (χ3n) is 2.15. The molecule has 0 radical (unpaired) electrons. The zero-order chi connectivity index (χ0) is 13.9. The first-order chi connectivity index (χ1) is 8.92. The summed E-state index contributed by atoms with van der Waals surface area (Å²) in [7, 11) is 0. The highest BCUT2D eigenvalue weighted by atomic mass is 19.4. The van der Waals surface area contributed by atoms with Crippen LogP contribution in [0.5, 0.6) is 17.2 Å². The van der Waals surface area contributed by atoms with Crippen LogP contribution >= 0.6 is 0 Å². The Balaban J connectivity index is 2.07. The fourth-order valence-electron chi connectivity index (χ4n) is 1.42. The van der Waals surface area contributed by atoms with Gasteiger partial charge in [0.1, 0.15) is 17.2 Å². The van der Waals surface area contributed by atoms with E-state index in [-0.39, 0.29) is 5.75 Å². The lowest BCUT2D eigenvalue weighted by Gasteiger charge is -2.10. The lowest BCUT2D eigenvalue weighted by atomic mass is 10.3. The maximum Gasteiger partial charge on any atom is 0.573 e. The summed E-state index contributed by atoms with van der Waals surface area (Å²) in [5, 5.41) is 0. The average molecular weight is 269 g/mol. The second kappa shape index (κ2) is 5.09. The molecule has 6 heteroatoms. The molecular weight excluding hydrogens is 259 g/mol. The molecule has 0 amide bonds. The molecule has 2 rings (SSSR count). The molecule has 19 heavy (non-hydrogen) atoms. The molecule has 100 valence electrons. The van der Waals surface area contributed by atoms with E-state index in [2.05, 4.69) is 4.74 Å². The van der Waals surface area contributed by atoms with Gasteiger partial charge in [0.05, 0.1) is 0 Å². The largest absolute Gasteiger partial charge is 0.573 e. The van der Waals surface area contributed by atoms with Crippen LogP contribution < -0.4 is 15.2 Å². The van der Waals surface area contributed by atoms with Crippen molar-refractivity contribution in [2.45, 2.75) is 6.36 Å². The summed E-state index contributed by atoms with van der Waals surface area (Å²) in [5.41, 5.74) is 6.12. The van der Waals surface area contributed by atoms with Crippen LogP contribution in [0.4, 0.5) is 18.9 Å². The zero-order valence-corrected chi connectivity index (χ0v) is 9.65. The van der Waals surface area contributed by atoms with Gasteiger partial charge in [-0.1, -0.05) is 6.07 Å². The molecule has 0 heterocycles. The Hall–Kier alpha value is -2.37. The van der Waals surface area contributed by atoms with Gasteiger partial charge in [-0.05, 0) is 36.4 Å². The Morgan fingerprint density at radius 2 is 1.47 bits per heavy atom. The van der Waals surface area contributed by atoms with E-state index in [4.69, 9.17) is 10.5 Å². The van der Waals surface area contributed by atoms with E-state index < -0.39 is 6.36 Å². The lowest BCUT2D eigenvalue weighted by Crippen LogP contribution is -2.16. The van der Waals surface area contributed by atoms with Gasteiger partial charge >= 0.3 is 6.36 Å². The van der Waals surface area contributed by atoms with Gasteiger partial charge in [-0.15, -0.1) is 13.2 Å². The van der Waals surface area contributed by atoms with Gasteiger partial charge in [0.15, 0.2) is 0 Å².